The highest BCUT2D eigenvalue weighted by molar-refractivity contribution is 5.75. The van der Waals surface area contributed by atoms with Crippen molar-refractivity contribution in [3.8, 4) is 0 Å². The molecular formula is C14H28N2O2. The van der Waals surface area contributed by atoms with Crippen LogP contribution in [0.4, 0.5) is 4.79 Å². The molecule has 1 saturated carbocycles. The molecule has 1 aliphatic carbocycles. The third-order valence-corrected chi connectivity index (χ3v) is 3.84. The number of urea groups is 1. The van der Waals surface area contributed by atoms with Crippen LogP contribution in [0.15, 0.2) is 0 Å². The molecule has 0 heterocycles. The van der Waals surface area contributed by atoms with Crippen LogP contribution in [0, 0.1) is 5.92 Å². The Labute approximate surface area is 111 Å². The minimum absolute atomic E-state index is 0.0185. The fourth-order valence-corrected chi connectivity index (χ4v) is 2.79. The molecule has 3 atom stereocenters. The van der Waals surface area contributed by atoms with E-state index in [1.54, 1.807) is 0 Å². The molecule has 0 spiro atoms. The SMILES string of the molecule is CCCC(C)(CO)NC(=O)NC1CCCC(C)C1. The van der Waals surface area contributed by atoms with Crippen LogP contribution in [0.5, 0.6) is 0 Å². The average molecular weight is 256 g/mol. The van der Waals surface area contributed by atoms with Gasteiger partial charge in [0.1, 0.15) is 0 Å². The molecule has 0 radical (unpaired) electrons. The Balaban J connectivity index is 2.40. The molecule has 0 aromatic rings. The second-order valence-corrected chi connectivity index (χ2v) is 6.04. The van der Waals surface area contributed by atoms with E-state index < -0.39 is 5.54 Å². The van der Waals surface area contributed by atoms with Crippen molar-refractivity contribution >= 4 is 6.03 Å². The van der Waals surface area contributed by atoms with Gasteiger partial charge in [0, 0.05) is 6.04 Å². The Morgan fingerprint density at radius 1 is 1.44 bits per heavy atom. The normalized spacial score (nSPS) is 27.3. The fourth-order valence-electron chi connectivity index (χ4n) is 2.79. The van der Waals surface area contributed by atoms with Crippen molar-refractivity contribution in [3.63, 3.8) is 0 Å². The number of carbonyl (C=O) groups excluding carboxylic acids is 1. The van der Waals surface area contributed by atoms with E-state index in [4.69, 9.17) is 0 Å². The van der Waals surface area contributed by atoms with Gasteiger partial charge < -0.3 is 15.7 Å². The third kappa shape index (κ3) is 4.84. The van der Waals surface area contributed by atoms with Crippen molar-refractivity contribution in [1.29, 1.82) is 0 Å². The molecule has 0 bridgehead atoms. The number of aliphatic hydroxyl groups is 1. The summed E-state index contributed by atoms with van der Waals surface area (Å²) in [6.07, 6.45) is 6.33. The predicted molar refractivity (Wildman–Crippen MR) is 73.5 cm³/mol. The van der Waals surface area contributed by atoms with Crippen molar-refractivity contribution in [2.45, 2.75) is 70.9 Å². The van der Waals surface area contributed by atoms with Crippen LogP contribution in [0.3, 0.4) is 0 Å². The lowest BCUT2D eigenvalue weighted by molar-refractivity contribution is 0.160. The summed E-state index contributed by atoms with van der Waals surface area (Å²) in [7, 11) is 0. The van der Waals surface area contributed by atoms with Gasteiger partial charge in [-0.05, 0) is 32.1 Å². The molecule has 1 aliphatic rings. The van der Waals surface area contributed by atoms with Crippen molar-refractivity contribution < 1.29 is 9.90 Å². The van der Waals surface area contributed by atoms with E-state index in [2.05, 4.69) is 24.5 Å². The predicted octanol–water partition coefficient (Wildman–Crippen LogP) is 2.42. The van der Waals surface area contributed by atoms with E-state index in [0.717, 1.165) is 25.7 Å². The molecule has 1 rings (SSSR count). The first-order chi connectivity index (χ1) is 8.49. The van der Waals surface area contributed by atoms with Gasteiger partial charge in [-0.2, -0.15) is 0 Å². The number of aliphatic hydroxyl groups excluding tert-OH is 1. The third-order valence-electron chi connectivity index (χ3n) is 3.84. The highest BCUT2D eigenvalue weighted by atomic mass is 16.3. The second kappa shape index (κ2) is 6.98. The molecule has 0 aromatic carbocycles. The maximum absolute atomic E-state index is 11.9. The fraction of sp³-hybridized carbons (Fsp3) is 0.929. The smallest absolute Gasteiger partial charge is 0.315 e. The van der Waals surface area contributed by atoms with Gasteiger partial charge in [-0.3, -0.25) is 0 Å². The minimum atomic E-state index is -0.501. The van der Waals surface area contributed by atoms with Gasteiger partial charge in [-0.1, -0.05) is 33.1 Å². The van der Waals surface area contributed by atoms with E-state index in [1.807, 2.05) is 6.92 Å². The van der Waals surface area contributed by atoms with Gasteiger partial charge in [-0.25, -0.2) is 4.79 Å². The lowest BCUT2D eigenvalue weighted by atomic mass is 9.87. The molecular weight excluding hydrogens is 228 g/mol. The van der Waals surface area contributed by atoms with Crippen LogP contribution in [-0.4, -0.2) is 29.3 Å². The van der Waals surface area contributed by atoms with Crippen LogP contribution in [0.25, 0.3) is 0 Å². The monoisotopic (exact) mass is 256 g/mol. The number of hydrogen-bond donors (Lipinski definition) is 3. The van der Waals surface area contributed by atoms with Crippen LogP contribution in [0.2, 0.25) is 0 Å². The first kappa shape index (κ1) is 15.3. The van der Waals surface area contributed by atoms with E-state index in [1.165, 1.54) is 12.8 Å². The Kier molecular flexibility index (Phi) is 5.93. The lowest BCUT2D eigenvalue weighted by Crippen LogP contribution is -2.54. The molecule has 4 heteroatoms. The molecule has 4 nitrogen and oxygen atoms in total. The summed E-state index contributed by atoms with van der Waals surface area (Å²) in [5, 5.41) is 15.3. The summed E-state index contributed by atoms with van der Waals surface area (Å²) in [4.78, 5) is 11.9. The highest BCUT2D eigenvalue weighted by Gasteiger charge is 2.26. The molecule has 0 saturated heterocycles. The second-order valence-electron chi connectivity index (χ2n) is 6.04. The van der Waals surface area contributed by atoms with Gasteiger partial charge in [0.2, 0.25) is 0 Å². The van der Waals surface area contributed by atoms with Gasteiger partial charge >= 0.3 is 6.03 Å². The first-order valence-electron chi connectivity index (χ1n) is 7.18. The number of amides is 2. The maximum atomic E-state index is 11.9. The van der Waals surface area contributed by atoms with E-state index in [-0.39, 0.29) is 12.6 Å². The molecule has 18 heavy (non-hydrogen) atoms. The molecule has 106 valence electrons. The van der Waals surface area contributed by atoms with Gasteiger partial charge in [0.25, 0.3) is 0 Å². The zero-order chi connectivity index (χ0) is 13.6. The largest absolute Gasteiger partial charge is 0.394 e. The van der Waals surface area contributed by atoms with Crippen LogP contribution in [-0.2, 0) is 0 Å². The van der Waals surface area contributed by atoms with Gasteiger partial charge in [-0.15, -0.1) is 0 Å². The Morgan fingerprint density at radius 3 is 2.72 bits per heavy atom. The lowest BCUT2D eigenvalue weighted by Gasteiger charge is -2.32. The highest BCUT2D eigenvalue weighted by Crippen LogP contribution is 2.23. The zero-order valence-electron chi connectivity index (χ0n) is 12.0. The van der Waals surface area contributed by atoms with Crippen molar-refractivity contribution in [2.24, 2.45) is 5.92 Å². The van der Waals surface area contributed by atoms with Crippen molar-refractivity contribution in [2.75, 3.05) is 6.61 Å². The molecule has 2 amide bonds. The number of hydrogen-bond acceptors (Lipinski definition) is 2. The number of nitrogens with one attached hydrogen (secondary N) is 2. The first-order valence-corrected chi connectivity index (χ1v) is 7.18. The quantitative estimate of drug-likeness (QED) is 0.707. The Hall–Kier alpha value is -0.770. The molecule has 1 fully saturated rings. The average Bonchev–Trinajstić information content (AvgIpc) is 2.29. The molecule has 0 aromatic heterocycles. The Morgan fingerprint density at radius 2 is 2.17 bits per heavy atom. The number of carbonyl (C=O) groups is 1. The molecule has 0 aliphatic heterocycles. The van der Waals surface area contributed by atoms with Crippen molar-refractivity contribution in [1.82, 2.24) is 10.6 Å². The summed E-state index contributed by atoms with van der Waals surface area (Å²) < 4.78 is 0. The van der Waals surface area contributed by atoms with E-state index in [0.29, 0.717) is 12.0 Å². The Bertz CT molecular complexity index is 271. The number of rotatable bonds is 5. The summed E-state index contributed by atoms with van der Waals surface area (Å²) in [5.74, 6) is 0.698. The zero-order valence-corrected chi connectivity index (χ0v) is 12.0. The van der Waals surface area contributed by atoms with Crippen molar-refractivity contribution in [3.05, 3.63) is 0 Å². The molecule has 3 unspecified atom stereocenters. The van der Waals surface area contributed by atoms with E-state index >= 15 is 0 Å². The van der Waals surface area contributed by atoms with Gasteiger partial charge in [0.05, 0.1) is 12.1 Å². The van der Waals surface area contributed by atoms with E-state index in [9.17, 15) is 9.90 Å². The standard InChI is InChI=1S/C14H28N2O2/c1-4-8-14(3,10-17)16-13(18)15-12-7-5-6-11(2)9-12/h11-12,17H,4-10H2,1-3H3,(H2,15,16,18). The minimum Gasteiger partial charge on any atom is -0.394 e. The van der Waals surface area contributed by atoms with Crippen LogP contribution in [0.1, 0.15) is 59.3 Å². The summed E-state index contributed by atoms with van der Waals surface area (Å²) in [5.41, 5.74) is -0.501. The maximum Gasteiger partial charge on any atom is 0.315 e. The summed E-state index contributed by atoms with van der Waals surface area (Å²) >= 11 is 0. The van der Waals surface area contributed by atoms with Gasteiger partial charge in [0.15, 0.2) is 0 Å². The topological polar surface area (TPSA) is 61.4 Å². The summed E-state index contributed by atoms with van der Waals surface area (Å²) in [6.45, 7) is 6.16. The molecule has 3 N–H and O–H groups in total. The van der Waals surface area contributed by atoms with Crippen LogP contribution < -0.4 is 10.6 Å². The summed E-state index contributed by atoms with van der Waals surface area (Å²) in [6, 6.07) is 0.150. The van der Waals surface area contributed by atoms with Crippen LogP contribution >= 0.6 is 0 Å².